The third-order valence-electron chi connectivity index (χ3n) is 3.84. The fourth-order valence-corrected chi connectivity index (χ4v) is 2.77. The maximum Gasteiger partial charge on any atom is 0.0443 e. The third kappa shape index (κ3) is 2.49. The summed E-state index contributed by atoms with van der Waals surface area (Å²) >= 11 is 0. The predicted octanol–water partition coefficient (Wildman–Crippen LogP) is 3.62. The standard InChI is InChI=1S/C17H20N2/c18-13-14-8-10-16(11-9-14)19-12-4-3-6-15-5-1-2-7-17(15)19/h1-2,5,7-11H,3-4,6,12-13,18H2. The van der Waals surface area contributed by atoms with E-state index in [1.165, 1.54) is 41.8 Å². The second-order valence-corrected chi connectivity index (χ2v) is 5.11. The summed E-state index contributed by atoms with van der Waals surface area (Å²) in [4.78, 5) is 2.43. The molecule has 3 rings (SSSR count). The average Bonchev–Trinajstić information content (AvgIpc) is 2.70. The van der Waals surface area contributed by atoms with Gasteiger partial charge in [-0.1, -0.05) is 30.3 Å². The molecule has 0 aliphatic carbocycles. The zero-order valence-corrected chi connectivity index (χ0v) is 11.2. The van der Waals surface area contributed by atoms with Gasteiger partial charge in [0.2, 0.25) is 0 Å². The van der Waals surface area contributed by atoms with Crippen LogP contribution in [0.15, 0.2) is 48.5 Å². The molecule has 98 valence electrons. The van der Waals surface area contributed by atoms with Crippen molar-refractivity contribution in [2.24, 2.45) is 5.73 Å². The SMILES string of the molecule is NCc1ccc(N2CCCCc3ccccc32)cc1. The van der Waals surface area contributed by atoms with Crippen LogP contribution in [0.4, 0.5) is 11.4 Å². The lowest BCUT2D eigenvalue weighted by Crippen LogP contribution is -2.17. The van der Waals surface area contributed by atoms with E-state index in [0.29, 0.717) is 6.54 Å². The van der Waals surface area contributed by atoms with Crippen molar-refractivity contribution in [1.82, 2.24) is 0 Å². The minimum atomic E-state index is 0.608. The molecule has 0 fully saturated rings. The molecule has 2 aromatic rings. The molecule has 0 saturated carbocycles. The van der Waals surface area contributed by atoms with Gasteiger partial charge in [0.25, 0.3) is 0 Å². The number of nitrogens with two attached hydrogens (primary N) is 1. The molecule has 0 amide bonds. The molecule has 0 aromatic heterocycles. The van der Waals surface area contributed by atoms with Crippen molar-refractivity contribution in [2.75, 3.05) is 11.4 Å². The lowest BCUT2D eigenvalue weighted by Gasteiger charge is -2.25. The summed E-state index contributed by atoms with van der Waals surface area (Å²) in [7, 11) is 0. The largest absolute Gasteiger partial charge is 0.341 e. The highest BCUT2D eigenvalue weighted by Crippen LogP contribution is 2.32. The fraction of sp³-hybridized carbons (Fsp3) is 0.294. The van der Waals surface area contributed by atoms with Gasteiger partial charge in [-0.2, -0.15) is 0 Å². The molecule has 2 aromatic carbocycles. The smallest absolute Gasteiger partial charge is 0.0443 e. The molecule has 1 aliphatic heterocycles. The van der Waals surface area contributed by atoms with Gasteiger partial charge in [-0.05, 0) is 48.6 Å². The van der Waals surface area contributed by atoms with Gasteiger partial charge in [-0.15, -0.1) is 0 Å². The Kier molecular flexibility index (Phi) is 3.51. The maximum atomic E-state index is 5.67. The van der Waals surface area contributed by atoms with Crippen LogP contribution in [0.1, 0.15) is 24.0 Å². The number of fused-ring (bicyclic) bond motifs is 1. The van der Waals surface area contributed by atoms with Crippen LogP contribution in [0.2, 0.25) is 0 Å². The van der Waals surface area contributed by atoms with Gasteiger partial charge in [0.15, 0.2) is 0 Å². The Balaban J connectivity index is 1.99. The van der Waals surface area contributed by atoms with Crippen LogP contribution in [0.25, 0.3) is 0 Å². The predicted molar refractivity (Wildman–Crippen MR) is 80.7 cm³/mol. The first-order valence-corrected chi connectivity index (χ1v) is 7.03. The van der Waals surface area contributed by atoms with Crippen LogP contribution < -0.4 is 10.6 Å². The molecule has 2 N–H and O–H groups in total. The molecule has 19 heavy (non-hydrogen) atoms. The van der Waals surface area contributed by atoms with Crippen LogP contribution >= 0.6 is 0 Å². The van der Waals surface area contributed by atoms with Gasteiger partial charge in [-0.3, -0.25) is 0 Å². The van der Waals surface area contributed by atoms with E-state index in [1.807, 2.05) is 0 Å². The Morgan fingerprint density at radius 3 is 2.53 bits per heavy atom. The van der Waals surface area contributed by atoms with Gasteiger partial charge < -0.3 is 10.6 Å². The third-order valence-corrected chi connectivity index (χ3v) is 3.84. The Labute approximate surface area is 114 Å². The van der Waals surface area contributed by atoms with Gasteiger partial charge in [-0.25, -0.2) is 0 Å². The van der Waals surface area contributed by atoms with E-state index in [2.05, 4.69) is 53.4 Å². The van der Waals surface area contributed by atoms with Crippen molar-refractivity contribution < 1.29 is 0 Å². The van der Waals surface area contributed by atoms with Gasteiger partial charge in [0.05, 0.1) is 0 Å². The van der Waals surface area contributed by atoms with Crippen molar-refractivity contribution in [1.29, 1.82) is 0 Å². The van der Waals surface area contributed by atoms with Crippen LogP contribution in [0.5, 0.6) is 0 Å². The number of rotatable bonds is 2. The molecule has 0 radical (unpaired) electrons. The van der Waals surface area contributed by atoms with Gasteiger partial charge in [0.1, 0.15) is 0 Å². The van der Waals surface area contributed by atoms with Crippen molar-refractivity contribution in [3.05, 3.63) is 59.7 Å². The highest BCUT2D eigenvalue weighted by atomic mass is 15.1. The summed E-state index contributed by atoms with van der Waals surface area (Å²) in [6.07, 6.45) is 3.70. The monoisotopic (exact) mass is 252 g/mol. The number of hydrogen-bond donors (Lipinski definition) is 1. The topological polar surface area (TPSA) is 29.3 Å². The molecule has 0 atom stereocenters. The first kappa shape index (κ1) is 12.2. The first-order valence-electron chi connectivity index (χ1n) is 7.03. The van der Waals surface area contributed by atoms with Crippen LogP contribution in [-0.4, -0.2) is 6.54 Å². The number of hydrogen-bond acceptors (Lipinski definition) is 2. The van der Waals surface area contributed by atoms with Crippen molar-refractivity contribution in [2.45, 2.75) is 25.8 Å². The zero-order valence-electron chi connectivity index (χ0n) is 11.2. The van der Waals surface area contributed by atoms with Crippen LogP contribution in [-0.2, 0) is 13.0 Å². The minimum Gasteiger partial charge on any atom is -0.341 e. The van der Waals surface area contributed by atoms with E-state index >= 15 is 0 Å². The van der Waals surface area contributed by atoms with E-state index in [4.69, 9.17) is 5.73 Å². The Bertz CT molecular complexity index is 545. The summed E-state index contributed by atoms with van der Waals surface area (Å²) in [5.74, 6) is 0. The number of aryl methyl sites for hydroxylation is 1. The summed E-state index contributed by atoms with van der Waals surface area (Å²) in [6.45, 7) is 1.70. The Hall–Kier alpha value is -1.80. The molecule has 0 saturated heterocycles. The first-order chi connectivity index (χ1) is 9.38. The van der Waals surface area contributed by atoms with Crippen molar-refractivity contribution >= 4 is 11.4 Å². The lowest BCUT2D eigenvalue weighted by molar-refractivity contribution is 0.761. The quantitative estimate of drug-likeness (QED) is 0.884. The lowest BCUT2D eigenvalue weighted by atomic mass is 10.1. The second-order valence-electron chi connectivity index (χ2n) is 5.11. The van der Waals surface area contributed by atoms with Gasteiger partial charge >= 0.3 is 0 Å². The number of anilines is 2. The summed E-state index contributed by atoms with van der Waals surface area (Å²) in [6, 6.07) is 17.4. The molecule has 0 spiro atoms. The van der Waals surface area contributed by atoms with E-state index in [1.54, 1.807) is 0 Å². The Morgan fingerprint density at radius 1 is 0.947 bits per heavy atom. The minimum absolute atomic E-state index is 0.608. The molecule has 1 aliphatic rings. The highest BCUT2D eigenvalue weighted by Gasteiger charge is 2.15. The van der Waals surface area contributed by atoms with E-state index < -0.39 is 0 Å². The van der Waals surface area contributed by atoms with E-state index in [9.17, 15) is 0 Å². The fourth-order valence-electron chi connectivity index (χ4n) is 2.77. The number of para-hydroxylation sites is 1. The van der Waals surface area contributed by atoms with Crippen LogP contribution in [0, 0.1) is 0 Å². The van der Waals surface area contributed by atoms with Crippen molar-refractivity contribution in [3.63, 3.8) is 0 Å². The summed E-state index contributed by atoms with van der Waals surface area (Å²) in [5.41, 5.74) is 10.9. The van der Waals surface area contributed by atoms with E-state index in [0.717, 1.165) is 6.54 Å². The zero-order chi connectivity index (χ0) is 13.1. The second kappa shape index (κ2) is 5.45. The highest BCUT2D eigenvalue weighted by molar-refractivity contribution is 5.67. The Morgan fingerprint density at radius 2 is 1.74 bits per heavy atom. The molecule has 0 unspecified atom stereocenters. The maximum absolute atomic E-state index is 5.67. The normalized spacial score (nSPS) is 14.9. The molecular formula is C17H20N2. The molecular weight excluding hydrogens is 232 g/mol. The molecule has 2 nitrogen and oxygen atoms in total. The molecule has 2 heteroatoms. The van der Waals surface area contributed by atoms with Gasteiger partial charge in [0, 0.05) is 24.5 Å². The summed E-state index contributed by atoms with van der Waals surface area (Å²) in [5, 5.41) is 0. The molecule has 0 bridgehead atoms. The molecule has 1 heterocycles. The van der Waals surface area contributed by atoms with Crippen LogP contribution in [0.3, 0.4) is 0 Å². The van der Waals surface area contributed by atoms with E-state index in [-0.39, 0.29) is 0 Å². The number of benzene rings is 2. The van der Waals surface area contributed by atoms with Crippen molar-refractivity contribution in [3.8, 4) is 0 Å². The number of nitrogens with zero attached hydrogens (tertiary/aromatic N) is 1. The average molecular weight is 252 g/mol. The summed E-state index contributed by atoms with van der Waals surface area (Å²) < 4.78 is 0.